The molecule has 82 valence electrons. The van der Waals surface area contributed by atoms with Gasteiger partial charge in [0.15, 0.2) is 0 Å². The van der Waals surface area contributed by atoms with Crippen LogP contribution in [0.4, 0.5) is 0 Å². The van der Waals surface area contributed by atoms with Crippen LogP contribution in [0.15, 0.2) is 12.4 Å². The molecular formula is C12H19N3. The SMILES string of the molecule is CC(C)c1cncc(C2CCNCC2)n1. The highest BCUT2D eigenvalue weighted by molar-refractivity contribution is 5.11. The minimum atomic E-state index is 0.471. The highest BCUT2D eigenvalue weighted by atomic mass is 14.9. The van der Waals surface area contributed by atoms with E-state index >= 15 is 0 Å². The third-order valence-electron chi connectivity index (χ3n) is 3.02. The standard InChI is InChI=1S/C12H19N3/c1-9(2)11-7-14-8-12(15-11)10-3-5-13-6-4-10/h7-10,13H,3-6H2,1-2H3. The molecule has 0 amide bonds. The molecule has 0 radical (unpaired) electrons. The first-order valence-corrected chi connectivity index (χ1v) is 5.80. The van der Waals surface area contributed by atoms with Gasteiger partial charge < -0.3 is 5.32 Å². The smallest absolute Gasteiger partial charge is 0.0621 e. The summed E-state index contributed by atoms with van der Waals surface area (Å²) >= 11 is 0. The van der Waals surface area contributed by atoms with Crippen molar-refractivity contribution >= 4 is 0 Å². The van der Waals surface area contributed by atoms with Gasteiger partial charge in [0.2, 0.25) is 0 Å². The Bertz CT molecular complexity index is 316. The van der Waals surface area contributed by atoms with Crippen LogP contribution in [-0.2, 0) is 0 Å². The lowest BCUT2D eigenvalue weighted by Gasteiger charge is -2.22. The van der Waals surface area contributed by atoms with Crippen LogP contribution < -0.4 is 5.32 Å². The van der Waals surface area contributed by atoms with E-state index < -0.39 is 0 Å². The van der Waals surface area contributed by atoms with Gasteiger partial charge >= 0.3 is 0 Å². The van der Waals surface area contributed by atoms with Crippen LogP contribution in [0.25, 0.3) is 0 Å². The molecule has 0 saturated carbocycles. The molecule has 0 spiro atoms. The number of nitrogens with one attached hydrogen (secondary N) is 1. The zero-order chi connectivity index (χ0) is 10.7. The average molecular weight is 205 g/mol. The summed E-state index contributed by atoms with van der Waals surface area (Å²) in [5.41, 5.74) is 2.30. The second-order valence-electron chi connectivity index (χ2n) is 4.55. The quantitative estimate of drug-likeness (QED) is 0.803. The van der Waals surface area contributed by atoms with Crippen molar-refractivity contribution < 1.29 is 0 Å². The van der Waals surface area contributed by atoms with E-state index in [1.807, 2.05) is 12.4 Å². The summed E-state index contributed by atoms with van der Waals surface area (Å²) in [7, 11) is 0. The molecule has 0 aromatic carbocycles. The Morgan fingerprint density at radius 1 is 1.27 bits per heavy atom. The molecule has 15 heavy (non-hydrogen) atoms. The molecule has 3 nitrogen and oxygen atoms in total. The lowest BCUT2D eigenvalue weighted by atomic mass is 9.95. The van der Waals surface area contributed by atoms with Crippen molar-refractivity contribution in [2.75, 3.05) is 13.1 Å². The summed E-state index contributed by atoms with van der Waals surface area (Å²) in [6.45, 7) is 6.54. The third-order valence-corrected chi connectivity index (χ3v) is 3.02. The van der Waals surface area contributed by atoms with Crippen LogP contribution >= 0.6 is 0 Å². The van der Waals surface area contributed by atoms with Gasteiger partial charge in [-0.25, -0.2) is 0 Å². The minimum Gasteiger partial charge on any atom is -0.317 e. The van der Waals surface area contributed by atoms with E-state index in [0.29, 0.717) is 11.8 Å². The number of piperidine rings is 1. The van der Waals surface area contributed by atoms with E-state index in [2.05, 4.69) is 24.1 Å². The predicted molar refractivity (Wildman–Crippen MR) is 61.0 cm³/mol. The molecule has 1 aromatic heterocycles. The molecular weight excluding hydrogens is 186 g/mol. The molecule has 1 aliphatic rings. The van der Waals surface area contributed by atoms with Crippen LogP contribution in [0.1, 0.15) is 49.9 Å². The number of rotatable bonds is 2. The second-order valence-corrected chi connectivity index (χ2v) is 4.55. The normalized spacial score (nSPS) is 18.3. The lowest BCUT2D eigenvalue weighted by molar-refractivity contribution is 0.451. The van der Waals surface area contributed by atoms with E-state index in [4.69, 9.17) is 4.98 Å². The minimum absolute atomic E-state index is 0.471. The van der Waals surface area contributed by atoms with E-state index in [1.54, 1.807) is 0 Å². The molecule has 2 heterocycles. The van der Waals surface area contributed by atoms with Crippen molar-refractivity contribution in [1.82, 2.24) is 15.3 Å². The zero-order valence-corrected chi connectivity index (χ0v) is 9.53. The van der Waals surface area contributed by atoms with Gasteiger partial charge in [-0.15, -0.1) is 0 Å². The van der Waals surface area contributed by atoms with Gasteiger partial charge in [0.25, 0.3) is 0 Å². The summed E-state index contributed by atoms with van der Waals surface area (Å²) < 4.78 is 0. The molecule has 3 heteroatoms. The summed E-state index contributed by atoms with van der Waals surface area (Å²) in [6, 6.07) is 0. The number of hydrogen-bond donors (Lipinski definition) is 1. The van der Waals surface area contributed by atoms with Gasteiger partial charge in [0.05, 0.1) is 11.4 Å². The second kappa shape index (κ2) is 4.71. The van der Waals surface area contributed by atoms with Gasteiger partial charge in [-0.2, -0.15) is 0 Å². The Labute approximate surface area is 91.3 Å². The third kappa shape index (κ3) is 2.53. The summed E-state index contributed by atoms with van der Waals surface area (Å²) in [6.07, 6.45) is 6.20. The van der Waals surface area contributed by atoms with Crippen LogP contribution in [0.2, 0.25) is 0 Å². The Balaban J connectivity index is 2.16. The predicted octanol–water partition coefficient (Wildman–Crippen LogP) is 2.07. The molecule has 1 N–H and O–H groups in total. The molecule has 1 aromatic rings. The van der Waals surface area contributed by atoms with Crippen LogP contribution in [0, 0.1) is 0 Å². The Morgan fingerprint density at radius 3 is 2.67 bits per heavy atom. The largest absolute Gasteiger partial charge is 0.317 e. The maximum Gasteiger partial charge on any atom is 0.0621 e. The van der Waals surface area contributed by atoms with E-state index in [0.717, 1.165) is 18.8 Å². The van der Waals surface area contributed by atoms with Crippen molar-refractivity contribution in [3.8, 4) is 0 Å². The van der Waals surface area contributed by atoms with Crippen LogP contribution in [-0.4, -0.2) is 23.1 Å². The van der Waals surface area contributed by atoms with Gasteiger partial charge in [-0.1, -0.05) is 13.8 Å². The monoisotopic (exact) mass is 205 g/mol. The fourth-order valence-electron chi connectivity index (χ4n) is 1.99. The number of hydrogen-bond acceptors (Lipinski definition) is 3. The Hall–Kier alpha value is -0.960. The van der Waals surface area contributed by atoms with E-state index in [9.17, 15) is 0 Å². The first kappa shape index (κ1) is 10.6. The van der Waals surface area contributed by atoms with Gasteiger partial charge in [-0.05, 0) is 31.8 Å². The summed E-state index contributed by atoms with van der Waals surface area (Å²) in [5.74, 6) is 1.08. The molecule has 0 aliphatic carbocycles. The maximum atomic E-state index is 4.71. The summed E-state index contributed by atoms with van der Waals surface area (Å²) in [4.78, 5) is 9.00. The van der Waals surface area contributed by atoms with Crippen LogP contribution in [0.3, 0.4) is 0 Å². The Kier molecular flexibility index (Phi) is 3.31. The van der Waals surface area contributed by atoms with Crippen molar-refractivity contribution in [2.24, 2.45) is 0 Å². The number of nitrogens with zero attached hydrogens (tertiary/aromatic N) is 2. The molecule has 1 aliphatic heterocycles. The topological polar surface area (TPSA) is 37.8 Å². The molecule has 1 saturated heterocycles. The van der Waals surface area contributed by atoms with Crippen molar-refractivity contribution in [2.45, 2.75) is 38.5 Å². The van der Waals surface area contributed by atoms with Crippen molar-refractivity contribution in [3.05, 3.63) is 23.8 Å². The van der Waals surface area contributed by atoms with Crippen molar-refractivity contribution in [3.63, 3.8) is 0 Å². The average Bonchev–Trinajstić information content (AvgIpc) is 2.30. The molecule has 1 fully saturated rings. The highest BCUT2D eigenvalue weighted by Gasteiger charge is 2.17. The number of aromatic nitrogens is 2. The molecule has 0 atom stereocenters. The van der Waals surface area contributed by atoms with Gasteiger partial charge in [-0.3, -0.25) is 9.97 Å². The van der Waals surface area contributed by atoms with Crippen LogP contribution in [0.5, 0.6) is 0 Å². The van der Waals surface area contributed by atoms with Gasteiger partial charge in [0.1, 0.15) is 0 Å². The first-order valence-electron chi connectivity index (χ1n) is 5.80. The zero-order valence-electron chi connectivity index (χ0n) is 9.53. The molecule has 0 bridgehead atoms. The maximum absolute atomic E-state index is 4.71. The summed E-state index contributed by atoms with van der Waals surface area (Å²) in [5, 5.41) is 3.37. The fourth-order valence-corrected chi connectivity index (χ4v) is 1.99. The van der Waals surface area contributed by atoms with Crippen molar-refractivity contribution in [1.29, 1.82) is 0 Å². The molecule has 0 unspecified atom stereocenters. The highest BCUT2D eigenvalue weighted by Crippen LogP contribution is 2.23. The fraction of sp³-hybridized carbons (Fsp3) is 0.667. The lowest BCUT2D eigenvalue weighted by Crippen LogP contribution is -2.27. The molecule has 2 rings (SSSR count). The van der Waals surface area contributed by atoms with E-state index in [1.165, 1.54) is 18.5 Å². The van der Waals surface area contributed by atoms with Gasteiger partial charge in [0, 0.05) is 18.3 Å². The van der Waals surface area contributed by atoms with E-state index in [-0.39, 0.29) is 0 Å². The first-order chi connectivity index (χ1) is 7.27. The Morgan fingerprint density at radius 2 is 2.00 bits per heavy atom.